The summed E-state index contributed by atoms with van der Waals surface area (Å²) in [6.45, 7) is 4.01. The highest BCUT2D eigenvalue weighted by Crippen LogP contribution is 2.12. The molecule has 0 aliphatic rings. The third-order valence-electron chi connectivity index (χ3n) is 2.38. The lowest BCUT2D eigenvalue weighted by molar-refractivity contribution is 0.666. The van der Waals surface area contributed by atoms with Gasteiger partial charge in [0.05, 0.1) is 9.77 Å². The lowest BCUT2D eigenvalue weighted by Crippen LogP contribution is -2.16. The number of nitrogens with one attached hydrogen (secondary N) is 1. The maximum Gasteiger partial charge on any atom is 0.157 e. The highest BCUT2D eigenvalue weighted by atomic mass is 127. The van der Waals surface area contributed by atoms with E-state index in [4.69, 9.17) is 0 Å². The fraction of sp³-hybridized carbons (Fsp3) is 0.333. The van der Waals surface area contributed by atoms with Crippen molar-refractivity contribution in [2.75, 3.05) is 6.54 Å². The molecule has 0 fully saturated rings. The van der Waals surface area contributed by atoms with Gasteiger partial charge in [-0.1, -0.05) is 13.0 Å². The summed E-state index contributed by atoms with van der Waals surface area (Å²) in [5.41, 5.74) is 1.17. The van der Waals surface area contributed by atoms with Crippen molar-refractivity contribution in [2.45, 2.75) is 19.9 Å². The number of aromatic nitrogens is 3. The van der Waals surface area contributed by atoms with Gasteiger partial charge in [-0.25, -0.2) is 9.67 Å². The number of hydrogen-bond donors (Lipinski definition) is 1. The summed E-state index contributed by atoms with van der Waals surface area (Å²) in [6, 6.07) is 4.04. The Morgan fingerprint density at radius 1 is 1.47 bits per heavy atom. The molecule has 2 rings (SSSR count). The molecule has 0 bridgehead atoms. The monoisotopic (exact) mass is 342 g/mol. The molecule has 0 aliphatic carbocycles. The minimum atomic E-state index is 0.827. The summed E-state index contributed by atoms with van der Waals surface area (Å²) in [4.78, 5) is 4.40. The first kappa shape index (κ1) is 12.5. The molecule has 0 radical (unpaired) electrons. The van der Waals surface area contributed by atoms with E-state index < -0.39 is 0 Å². The average molecular weight is 342 g/mol. The number of rotatable bonds is 5. The van der Waals surface area contributed by atoms with Gasteiger partial charge in [0.15, 0.2) is 5.82 Å². The Balaban J connectivity index is 2.21. The summed E-state index contributed by atoms with van der Waals surface area (Å²) in [5.74, 6) is 0.902. The van der Waals surface area contributed by atoms with Crippen molar-refractivity contribution in [1.29, 1.82) is 0 Å². The minimum Gasteiger partial charge on any atom is -0.313 e. The van der Waals surface area contributed by atoms with Crippen molar-refractivity contribution in [1.82, 2.24) is 20.1 Å². The summed E-state index contributed by atoms with van der Waals surface area (Å²) in [7, 11) is 0. The molecule has 1 N–H and O–H groups in total. The van der Waals surface area contributed by atoms with Gasteiger partial charge in [-0.2, -0.15) is 5.10 Å². The van der Waals surface area contributed by atoms with Gasteiger partial charge >= 0.3 is 0 Å². The van der Waals surface area contributed by atoms with Crippen LogP contribution in [0.25, 0.3) is 5.82 Å². The number of hydrogen-bond acceptors (Lipinski definition) is 3. The Morgan fingerprint density at radius 2 is 2.35 bits per heavy atom. The van der Waals surface area contributed by atoms with E-state index in [1.807, 2.05) is 23.1 Å². The van der Waals surface area contributed by atoms with Crippen molar-refractivity contribution in [3.63, 3.8) is 0 Å². The molecule has 0 atom stereocenters. The summed E-state index contributed by atoms with van der Waals surface area (Å²) in [6.07, 6.45) is 6.74. The third-order valence-corrected chi connectivity index (χ3v) is 2.93. The largest absolute Gasteiger partial charge is 0.313 e. The van der Waals surface area contributed by atoms with E-state index in [0.717, 1.165) is 28.9 Å². The van der Waals surface area contributed by atoms with Crippen molar-refractivity contribution in [3.8, 4) is 5.82 Å². The second-order valence-electron chi connectivity index (χ2n) is 3.77. The Hall–Kier alpha value is -0.950. The number of pyridine rings is 1. The lowest BCUT2D eigenvalue weighted by Gasteiger charge is -2.08. The maximum absolute atomic E-state index is 4.40. The van der Waals surface area contributed by atoms with Gasteiger partial charge in [0.2, 0.25) is 0 Å². The molecule has 0 saturated heterocycles. The van der Waals surface area contributed by atoms with Crippen LogP contribution in [0.5, 0.6) is 0 Å². The molecule has 0 saturated carbocycles. The number of halogens is 1. The molecular weight excluding hydrogens is 327 g/mol. The average Bonchev–Trinajstić information content (AvgIpc) is 2.77. The van der Waals surface area contributed by atoms with Crippen LogP contribution in [0.1, 0.15) is 18.9 Å². The summed E-state index contributed by atoms with van der Waals surface area (Å²) < 4.78 is 2.94. The molecule has 17 heavy (non-hydrogen) atoms. The number of nitrogens with zero attached hydrogens (tertiary/aromatic N) is 3. The van der Waals surface area contributed by atoms with Crippen LogP contribution in [0.3, 0.4) is 0 Å². The van der Waals surface area contributed by atoms with Crippen LogP contribution in [0.15, 0.2) is 30.7 Å². The van der Waals surface area contributed by atoms with Crippen molar-refractivity contribution < 1.29 is 0 Å². The quantitative estimate of drug-likeness (QED) is 0.670. The predicted octanol–water partition coefficient (Wildman–Crippen LogP) is 2.37. The second-order valence-corrected chi connectivity index (χ2v) is 5.01. The third kappa shape index (κ3) is 3.26. The van der Waals surface area contributed by atoms with E-state index in [1.165, 1.54) is 5.56 Å². The van der Waals surface area contributed by atoms with Crippen LogP contribution in [0.4, 0.5) is 0 Å². The van der Waals surface area contributed by atoms with Gasteiger partial charge < -0.3 is 5.32 Å². The van der Waals surface area contributed by atoms with Crippen LogP contribution in [-0.2, 0) is 6.54 Å². The molecule has 0 unspecified atom stereocenters. The maximum atomic E-state index is 4.40. The molecule has 2 heterocycles. The molecule has 2 aromatic rings. The molecule has 2 aromatic heterocycles. The van der Waals surface area contributed by atoms with Crippen LogP contribution in [0.2, 0.25) is 0 Å². The minimum absolute atomic E-state index is 0.827. The first-order valence-corrected chi connectivity index (χ1v) is 6.74. The standard InChI is InChI=1S/C12H15IN4/c1-2-5-14-7-10-4-3-6-15-12(10)17-9-11(13)8-16-17/h3-4,6,8-9,14H,2,5,7H2,1H3. The fourth-order valence-electron chi connectivity index (χ4n) is 1.59. The summed E-state index contributed by atoms with van der Waals surface area (Å²) in [5, 5.41) is 7.68. The Bertz CT molecular complexity index is 481. The normalized spacial score (nSPS) is 10.7. The highest BCUT2D eigenvalue weighted by Gasteiger charge is 2.06. The van der Waals surface area contributed by atoms with E-state index in [2.05, 4.69) is 51.0 Å². The van der Waals surface area contributed by atoms with Crippen LogP contribution < -0.4 is 5.32 Å². The van der Waals surface area contributed by atoms with Gasteiger partial charge in [-0.3, -0.25) is 0 Å². The zero-order chi connectivity index (χ0) is 12.1. The van der Waals surface area contributed by atoms with Crippen molar-refractivity contribution >= 4 is 22.6 Å². The Kier molecular flexibility index (Phi) is 4.49. The SMILES string of the molecule is CCCNCc1cccnc1-n1cc(I)cn1. The predicted molar refractivity (Wildman–Crippen MR) is 76.1 cm³/mol. The molecule has 90 valence electrons. The van der Waals surface area contributed by atoms with Crippen molar-refractivity contribution in [3.05, 3.63) is 39.9 Å². The van der Waals surface area contributed by atoms with Gasteiger partial charge in [-0.15, -0.1) is 0 Å². The van der Waals surface area contributed by atoms with E-state index in [9.17, 15) is 0 Å². The van der Waals surface area contributed by atoms with E-state index in [0.29, 0.717) is 0 Å². The first-order valence-electron chi connectivity index (χ1n) is 5.66. The van der Waals surface area contributed by atoms with Gasteiger partial charge in [0, 0.05) is 24.5 Å². The van der Waals surface area contributed by atoms with E-state index in [-0.39, 0.29) is 0 Å². The lowest BCUT2D eigenvalue weighted by atomic mass is 10.2. The molecule has 4 nitrogen and oxygen atoms in total. The topological polar surface area (TPSA) is 42.7 Å². The zero-order valence-electron chi connectivity index (χ0n) is 9.73. The van der Waals surface area contributed by atoms with Gasteiger partial charge in [-0.05, 0) is 41.6 Å². The Morgan fingerprint density at radius 3 is 3.06 bits per heavy atom. The molecule has 0 amide bonds. The van der Waals surface area contributed by atoms with Gasteiger partial charge in [0.1, 0.15) is 0 Å². The molecule has 0 aliphatic heterocycles. The van der Waals surface area contributed by atoms with Crippen LogP contribution >= 0.6 is 22.6 Å². The van der Waals surface area contributed by atoms with E-state index in [1.54, 1.807) is 6.20 Å². The summed E-state index contributed by atoms with van der Waals surface area (Å²) >= 11 is 2.25. The van der Waals surface area contributed by atoms with Crippen LogP contribution in [-0.4, -0.2) is 21.3 Å². The van der Waals surface area contributed by atoms with Crippen molar-refractivity contribution in [2.24, 2.45) is 0 Å². The second kappa shape index (κ2) is 6.11. The molecular formula is C12H15IN4. The fourth-order valence-corrected chi connectivity index (χ4v) is 1.98. The van der Waals surface area contributed by atoms with Crippen LogP contribution in [0, 0.1) is 3.57 Å². The smallest absolute Gasteiger partial charge is 0.157 e. The zero-order valence-corrected chi connectivity index (χ0v) is 11.9. The Labute approximate surface area is 115 Å². The van der Waals surface area contributed by atoms with Gasteiger partial charge in [0.25, 0.3) is 0 Å². The molecule has 0 aromatic carbocycles. The van der Waals surface area contributed by atoms with E-state index >= 15 is 0 Å². The first-order chi connectivity index (χ1) is 8.31. The molecule has 5 heteroatoms. The highest BCUT2D eigenvalue weighted by molar-refractivity contribution is 14.1. The molecule has 0 spiro atoms.